The molecule has 0 saturated carbocycles. The molecule has 1 atom stereocenters. The summed E-state index contributed by atoms with van der Waals surface area (Å²) in [4.78, 5) is 16.1. The van der Waals surface area contributed by atoms with Gasteiger partial charge in [-0.15, -0.1) is 0 Å². The van der Waals surface area contributed by atoms with Crippen molar-refractivity contribution >= 4 is 15.7 Å². The molecule has 0 aliphatic rings. The van der Waals surface area contributed by atoms with E-state index in [9.17, 15) is 13.2 Å². The molecular weight excluding hydrogens is 302 g/mol. The second-order valence-corrected chi connectivity index (χ2v) is 7.54. The minimum atomic E-state index is -3.07. The summed E-state index contributed by atoms with van der Waals surface area (Å²) in [6, 6.07) is 6.56. The van der Waals surface area contributed by atoms with Crippen molar-refractivity contribution in [1.29, 1.82) is 0 Å². The summed E-state index contributed by atoms with van der Waals surface area (Å²) in [6.07, 6.45) is 6.41. The SMILES string of the molecule is CC(Cn1ccnc1)NC(=O)c1ccc(CS(C)(=O)=O)cc1. The topological polar surface area (TPSA) is 81.1 Å². The van der Waals surface area contributed by atoms with Crippen LogP contribution in [0.3, 0.4) is 0 Å². The van der Waals surface area contributed by atoms with Gasteiger partial charge in [-0.1, -0.05) is 12.1 Å². The largest absolute Gasteiger partial charge is 0.348 e. The third kappa shape index (κ3) is 5.00. The molecule has 118 valence electrons. The van der Waals surface area contributed by atoms with Crippen molar-refractivity contribution in [3.8, 4) is 0 Å². The number of benzene rings is 1. The molecule has 2 rings (SSSR count). The van der Waals surface area contributed by atoms with Gasteiger partial charge in [-0.25, -0.2) is 13.4 Å². The van der Waals surface area contributed by atoms with Crippen molar-refractivity contribution in [2.45, 2.75) is 25.3 Å². The molecule has 0 bridgehead atoms. The first-order valence-corrected chi connectivity index (χ1v) is 8.93. The number of aromatic nitrogens is 2. The highest BCUT2D eigenvalue weighted by Crippen LogP contribution is 2.08. The number of carbonyl (C=O) groups excluding carboxylic acids is 1. The van der Waals surface area contributed by atoms with Crippen LogP contribution in [0.15, 0.2) is 43.0 Å². The zero-order chi connectivity index (χ0) is 16.2. The molecule has 1 aromatic carbocycles. The Bertz CT molecular complexity index is 722. The van der Waals surface area contributed by atoms with Crippen LogP contribution in [-0.2, 0) is 22.1 Å². The van der Waals surface area contributed by atoms with Crippen LogP contribution >= 0.6 is 0 Å². The molecule has 1 unspecified atom stereocenters. The van der Waals surface area contributed by atoms with Gasteiger partial charge in [-0.3, -0.25) is 4.79 Å². The highest BCUT2D eigenvalue weighted by atomic mass is 32.2. The number of hydrogen-bond acceptors (Lipinski definition) is 4. The Hall–Kier alpha value is -2.15. The van der Waals surface area contributed by atoms with E-state index in [4.69, 9.17) is 0 Å². The van der Waals surface area contributed by atoms with Crippen LogP contribution in [-0.4, -0.2) is 36.2 Å². The Morgan fingerprint density at radius 1 is 1.32 bits per heavy atom. The molecule has 2 aromatic rings. The Labute approximate surface area is 130 Å². The fraction of sp³-hybridized carbons (Fsp3) is 0.333. The van der Waals surface area contributed by atoms with E-state index in [1.54, 1.807) is 36.8 Å². The van der Waals surface area contributed by atoms with Gasteiger partial charge in [-0.2, -0.15) is 0 Å². The van der Waals surface area contributed by atoms with E-state index in [1.807, 2.05) is 17.7 Å². The lowest BCUT2D eigenvalue weighted by atomic mass is 10.1. The summed E-state index contributed by atoms with van der Waals surface area (Å²) >= 11 is 0. The van der Waals surface area contributed by atoms with Crippen molar-refractivity contribution in [3.05, 3.63) is 54.1 Å². The first-order valence-electron chi connectivity index (χ1n) is 6.87. The van der Waals surface area contributed by atoms with Gasteiger partial charge in [0.1, 0.15) is 0 Å². The highest BCUT2D eigenvalue weighted by Gasteiger charge is 2.11. The van der Waals surface area contributed by atoms with Crippen LogP contribution in [0.4, 0.5) is 0 Å². The molecule has 0 radical (unpaired) electrons. The van der Waals surface area contributed by atoms with Crippen molar-refractivity contribution in [1.82, 2.24) is 14.9 Å². The van der Waals surface area contributed by atoms with Crippen LogP contribution in [0.2, 0.25) is 0 Å². The van der Waals surface area contributed by atoms with E-state index < -0.39 is 9.84 Å². The first kappa shape index (κ1) is 16.2. The molecule has 1 heterocycles. The molecule has 7 heteroatoms. The van der Waals surface area contributed by atoms with E-state index >= 15 is 0 Å². The Balaban J connectivity index is 1.94. The molecule has 0 saturated heterocycles. The molecule has 22 heavy (non-hydrogen) atoms. The van der Waals surface area contributed by atoms with E-state index in [0.29, 0.717) is 17.7 Å². The van der Waals surface area contributed by atoms with Gasteiger partial charge in [0, 0.05) is 36.8 Å². The minimum absolute atomic E-state index is 0.0219. The molecule has 1 N–H and O–H groups in total. The zero-order valence-electron chi connectivity index (χ0n) is 12.6. The number of rotatable bonds is 6. The molecule has 0 aliphatic heterocycles. The van der Waals surface area contributed by atoms with Crippen molar-refractivity contribution < 1.29 is 13.2 Å². The van der Waals surface area contributed by atoms with E-state index in [2.05, 4.69) is 10.3 Å². The van der Waals surface area contributed by atoms with E-state index in [1.165, 1.54) is 6.26 Å². The molecule has 6 nitrogen and oxygen atoms in total. The lowest BCUT2D eigenvalue weighted by molar-refractivity contribution is 0.0936. The Morgan fingerprint density at radius 3 is 2.55 bits per heavy atom. The lowest BCUT2D eigenvalue weighted by Gasteiger charge is -2.14. The number of carbonyl (C=O) groups is 1. The second-order valence-electron chi connectivity index (χ2n) is 5.40. The Kier molecular flexibility index (Phi) is 4.97. The van der Waals surface area contributed by atoms with Crippen LogP contribution in [0.5, 0.6) is 0 Å². The predicted molar refractivity (Wildman–Crippen MR) is 84.1 cm³/mol. The zero-order valence-corrected chi connectivity index (χ0v) is 13.4. The maximum atomic E-state index is 12.1. The first-order chi connectivity index (χ1) is 10.3. The average molecular weight is 321 g/mol. The molecule has 1 aromatic heterocycles. The smallest absolute Gasteiger partial charge is 0.251 e. The van der Waals surface area contributed by atoms with Crippen LogP contribution in [0.1, 0.15) is 22.8 Å². The summed E-state index contributed by atoms with van der Waals surface area (Å²) < 4.78 is 24.3. The Morgan fingerprint density at radius 2 is 2.00 bits per heavy atom. The molecule has 0 fully saturated rings. The third-order valence-corrected chi connectivity index (χ3v) is 3.92. The normalized spacial score (nSPS) is 12.8. The van der Waals surface area contributed by atoms with Gasteiger partial charge in [0.2, 0.25) is 0 Å². The number of sulfone groups is 1. The number of imidazole rings is 1. The maximum absolute atomic E-state index is 12.1. The summed E-state index contributed by atoms with van der Waals surface area (Å²) in [7, 11) is -3.07. The number of nitrogens with zero attached hydrogens (tertiary/aromatic N) is 2. The van der Waals surface area contributed by atoms with E-state index in [0.717, 1.165) is 0 Å². The van der Waals surface area contributed by atoms with Crippen LogP contribution in [0, 0.1) is 0 Å². The molecular formula is C15H19N3O3S. The number of nitrogens with one attached hydrogen (secondary N) is 1. The van der Waals surface area contributed by atoms with Crippen LogP contribution in [0.25, 0.3) is 0 Å². The quantitative estimate of drug-likeness (QED) is 0.868. The van der Waals surface area contributed by atoms with Crippen molar-refractivity contribution in [3.63, 3.8) is 0 Å². The predicted octanol–water partition coefficient (Wildman–Crippen LogP) is 1.25. The van der Waals surface area contributed by atoms with Gasteiger partial charge in [0.25, 0.3) is 5.91 Å². The average Bonchev–Trinajstić information content (AvgIpc) is 2.90. The third-order valence-electron chi connectivity index (χ3n) is 3.07. The number of hydrogen-bond donors (Lipinski definition) is 1. The van der Waals surface area contributed by atoms with Gasteiger partial charge < -0.3 is 9.88 Å². The molecule has 0 spiro atoms. The van der Waals surface area contributed by atoms with Crippen molar-refractivity contribution in [2.24, 2.45) is 0 Å². The summed E-state index contributed by atoms with van der Waals surface area (Å²) in [5, 5.41) is 2.90. The van der Waals surface area contributed by atoms with Crippen molar-refractivity contribution in [2.75, 3.05) is 6.26 Å². The highest BCUT2D eigenvalue weighted by molar-refractivity contribution is 7.89. The monoisotopic (exact) mass is 321 g/mol. The standard InChI is InChI=1S/C15H19N3O3S/c1-12(9-18-8-7-16-11-18)17-15(19)14-5-3-13(4-6-14)10-22(2,20)21/h3-8,11-12H,9-10H2,1-2H3,(H,17,19). The second kappa shape index (κ2) is 6.74. The fourth-order valence-corrected chi connectivity index (χ4v) is 2.92. The van der Waals surface area contributed by atoms with Gasteiger partial charge >= 0.3 is 0 Å². The van der Waals surface area contributed by atoms with Gasteiger partial charge in [0.15, 0.2) is 9.84 Å². The fourth-order valence-electron chi connectivity index (χ4n) is 2.12. The molecule has 0 aliphatic carbocycles. The minimum Gasteiger partial charge on any atom is -0.348 e. The maximum Gasteiger partial charge on any atom is 0.251 e. The van der Waals surface area contributed by atoms with Crippen LogP contribution < -0.4 is 5.32 Å². The van der Waals surface area contributed by atoms with Gasteiger partial charge in [-0.05, 0) is 24.6 Å². The lowest BCUT2D eigenvalue weighted by Crippen LogP contribution is -2.35. The summed E-state index contributed by atoms with van der Waals surface area (Å²) in [5.41, 5.74) is 1.18. The number of amides is 1. The molecule has 1 amide bonds. The van der Waals surface area contributed by atoms with Gasteiger partial charge in [0.05, 0.1) is 12.1 Å². The summed E-state index contributed by atoms with van der Waals surface area (Å²) in [6.45, 7) is 2.55. The summed E-state index contributed by atoms with van der Waals surface area (Å²) in [5.74, 6) is -0.204. The van der Waals surface area contributed by atoms with E-state index in [-0.39, 0.29) is 17.7 Å².